The number of rotatable bonds is 6. The first kappa shape index (κ1) is 25.0. The normalized spacial score (nSPS) is 14.6. The number of benzene rings is 3. The van der Waals surface area contributed by atoms with Gasteiger partial charge in [0.15, 0.2) is 0 Å². The van der Waals surface area contributed by atoms with Crippen LogP contribution >= 0.6 is 0 Å². The summed E-state index contributed by atoms with van der Waals surface area (Å²) < 4.78 is 0. The fourth-order valence-corrected chi connectivity index (χ4v) is 4.59. The molecule has 0 unspecified atom stereocenters. The van der Waals surface area contributed by atoms with E-state index < -0.39 is 11.5 Å². The van der Waals surface area contributed by atoms with E-state index in [1.807, 2.05) is 60.7 Å². The van der Waals surface area contributed by atoms with Crippen LogP contribution in [-0.4, -0.2) is 65.5 Å². The molecular formula is C30H28N4O4. The lowest BCUT2D eigenvalue weighted by atomic mass is 9.98. The van der Waals surface area contributed by atoms with Crippen molar-refractivity contribution in [2.24, 2.45) is 4.99 Å². The number of aliphatic imine (C=N–C) groups is 1. The van der Waals surface area contributed by atoms with Gasteiger partial charge in [-0.05, 0) is 72.3 Å². The second-order valence-electron chi connectivity index (χ2n) is 9.34. The van der Waals surface area contributed by atoms with Gasteiger partial charge in [-0.3, -0.25) is 14.8 Å². The monoisotopic (exact) mass is 508 g/mol. The number of piperazine rings is 1. The average Bonchev–Trinajstić information content (AvgIpc) is 2.92. The molecule has 1 aliphatic heterocycles. The molecule has 2 heterocycles. The minimum Gasteiger partial charge on any atom is -0.494 e. The Morgan fingerprint density at radius 3 is 2.42 bits per heavy atom. The molecule has 38 heavy (non-hydrogen) atoms. The number of carboxylic acids is 1. The molecule has 4 aromatic rings. The first-order chi connectivity index (χ1) is 18.4. The van der Waals surface area contributed by atoms with Crippen molar-refractivity contribution in [3.63, 3.8) is 0 Å². The maximum absolute atomic E-state index is 12.6. The molecule has 8 nitrogen and oxygen atoms in total. The van der Waals surface area contributed by atoms with Crippen LogP contribution in [0.5, 0.6) is 5.88 Å². The number of nitrogens with zero attached hydrogens (tertiary/aromatic N) is 3. The van der Waals surface area contributed by atoms with E-state index in [0.717, 1.165) is 60.3 Å². The predicted molar refractivity (Wildman–Crippen MR) is 152 cm³/mol. The Morgan fingerprint density at radius 2 is 1.68 bits per heavy atom. The zero-order chi connectivity index (χ0) is 26.6. The van der Waals surface area contributed by atoms with E-state index in [2.05, 4.69) is 26.8 Å². The van der Waals surface area contributed by atoms with Gasteiger partial charge in [-0.1, -0.05) is 24.3 Å². The van der Waals surface area contributed by atoms with Gasteiger partial charge in [0, 0.05) is 54.9 Å². The summed E-state index contributed by atoms with van der Waals surface area (Å²) in [6, 6.07) is 20.8. The molecule has 0 saturated carbocycles. The van der Waals surface area contributed by atoms with E-state index in [1.165, 1.54) is 6.08 Å². The van der Waals surface area contributed by atoms with E-state index in [-0.39, 0.29) is 5.88 Å². The molecule has 3 aromatic carbocycles. The smallest absolute Gasteiger partial charge is 0.328 e. The summed E-state index contributed by atoms with van der Waals surface area (Å²) in [4.78, 5) is 35.2. The van der Waals surface area contributed by atoms with Crippen molar-refractivity contribution in [3.05, 3.63) is 94.3 Å². The molecule has 5 rings (SSSR count). The lowest BCUT2D eigenvalue weighted by molar-refractivity contribution is -0.131. The number of anilines is 1. The Kier molecular flexibility index (Phi) is 7.06. The molecule has 0 bridgehead atoms. The second kappa shape index (κ2) is 10.7. The highest BCUT2D eigenvalue weighted by molar-refractivity contribution is 6.03. The maximum Gasteiger partial charge on any atom is 0.328 e. The number of aliphatic carboxylic acids is 1. The highest BCUT2D eigenvalue weighted by atomic mass is 16.4. The number of carboxylic acid groups (broad SMARTS) is 1. The number of H-pyrrole nitrogens is 1. The molecule has 8 heteroatoms. The number of nitrogens with one attached hydrogen (secondary N) is 1. The Hall–Kier alpha value is -4.69. The van der Waals surface area contributed by atoms with Gasteiger partial charge in [0.2, 0.25) is 5.88 Å². The highest BCUT2D eigenvalue weighted by Crippen LogP contribution is 2.29. The van der Waals surface area contributed by atoms with Gasteiger partial charge in [0.1, 0.15) is 0 Å². The van der Waals surface area contributed by atoms with E-state index in [1.54, 1.807) is 12.3 Å². The highest BCUT2D eigenvalue weighted by Gasteiger charge is 2.14. The van der Waals surface area contributed by atoms with Gasteiger partial charge in [-0.2, -0.15) is 0 Å². The topological polar surface area (TPSA) is 109 Å². The van der Waals surface area contributed by atoms with Crippen LogP contribution in [0.2, 0.25) is 0 Å². The van der Waals surface area contributed by atoms with Crippen LogP contribution in [0.4, 0.5) is 11.4 Å². The van der Waals surface area contributed by atoms with E-state index in [0.29, 0.717) is 16.3 Å². The van der Waals surface area contributed by atoms with E-state index >= 15 is 0 Å². The fourth-order valence-electron chi connectivity index (χ4n) is 4.59. The molecule has 0 radical (unpaired) electrons. The van der Waals surface area contributed by atoms with Gasteiger partial charge >= 0.3 is 5.97 Å². The minimum absolute atomic E-state index is 0.254. The third kappa shape index (κ3) is 5.50. The third-order valence-corrected chi connectivity index (χ3v) is 6.74. The number of aromatic amines is 1. The number of aromatic nitrogens is 1. The van der Waals surface area contributed by atoms with Crippen LogP contribution in [-0.2, 0) is 4.79 Å². The maximum atomic E-state index is 12.6. The molecule has 0 aliphatic carbocycles. The fraction of sp³-hybridized carbons (Fsp3) is 0.167. The van der Waals surface area contributed by atoms with Crippen molar-refractivity contribution in [2.45, 2.75) is 0 Å². The lowest BCUT2D eigenvalue weighted by Gasteiger charge is -2.34. The van der Waals surface area contributed by atoms with Gasteiger partial charge in [0.05, 0.1) is 11.3 Å². The zero-order valence-corrected chi connectivity index (χ0v) is 21.0. The summed E-state index contributed by atoms with van der Waals surface area (Å²) in [5.41, 5.74) is 4.30. The van der Waals surface area contributed by atoms with Crippen LogP contribution < -0.4 is 10.5 Å². The summed E-state index contributed by atoms with van der Waals surface area (Å²) in [6.07, 6.45) is 4.17. The number of likely N-dealkylation sites (N-methyl/N-ethyl adjacent to an activating group) is 1. The van der Waals surface area contributed by atoms with Crippen LogP contribution in [0, 0.1) is 0 Å². The summed E-state index contributed by atoms with van der Waals surface area (Å²) in [6.45, 7) is 4.03. The zero-order valence-electron chi connectivity index (χ0n) is 21.0. The molecule has 0 amide bonds. The SMILES string of the molecule is CN1CCN(c2ccc(N=Cc3c(O)[nH]c(=O)c4ccc(-c5cccc(C=CC(=O)O)c5)cc34)cc2)CC1. The summed E-state index contributed by atoms with van der Waals surface area (Å²) in [5.74, 6) is -1.27. The second-order valence-corrected chi connectivity index (χ2v) is 9.34. The number of carbonyl (C=O) groups is 1. The summed E-state index contributed by atoms with van der Waals surface area (Å²) in [7, 11) is 2.13. The van der Waals surface area contributed by atoms with Gasteiger partial charge in [-0.25, -0.2) is 4.79 Å². The molecule has 1 aromatic heterocycles. The standard InChI is InChI=1S/C30H28N4O4/c1-33-13-15-34(16-14-33)24-9-7-23(8-10-24)31-19-27-26-18-22(6-11-25(26)29(37)32-30(27)38)21-4-2-3-20(17-21)5-12-28(35)36/h2-12,17-19H,13-16H2,1H3,(H,35,36)(H2,32,37,38). The van der Waals surface area contributed by atoms with Crippen LogP contribution in [0.15, 0.2) is 82.6 Å². The lowest BCUT2D eigenvalue weighted by Crippen LogP contribution is -2.44. The van der Waals surface area contributed by atoms with Crippen LogP contribution in [0.1, 0.15) is 11.1 Å². The van der Waals surface area contributed by atoms with Crippen molar-refractivity contribution in [1.29, 1.82) is 0 Å². The Morgan fingerprint density at radius 1 is 0.947 bits per heavy atom. The molecule has 192 valence electrons. The Bertz CT molecular complexity index is 1600. The number of aromatic hydroxyl groups is 1. The molecule has 1 saturated heterocycles. The summed E-state index contributed by atoms with van der Waals surface area (Å²) in [5, 5.41) is 20.5. The number of pyridine rings is 1. The van der Waals surface area contributed by atoms with E-state index in [9.17, 15) is 14.7 Å². The summed E-state index contributed by atoms with van der Waals surface area (Å²) >= 11 is 0. The largest absolute Gasteiger partial charge is 0.494 e. The van der Waals surface area contributed by atoms with Gasteiger partial charge in [-0.15, -0.1) is 0 Å². The predicted octanol–water partition coefficient (Wildman–Crippen LogP) is 4.50. The van der Waals surface area contributed by atoms with Crippen LogP contribution in [0.3, 0.4) is 0 Å². The van der Waals surface area contributed by atoms with Gasteiger partial charge < -0.3 is 20.0 Å². The molecule has 0 atom stereocenters. The third-order valence-electron chi connectivity index (χ3n) is 6.74. The van der Waals surface area contributed by atoms with Crippen molar-refractivity contribution < 1.29 is 15.0 Å². The minimum atomic E-state index is -1.02. The first-order valence-corrected chi connectivity index (χ1v) is 12.4. The van der Waals surface area contributed by atoms with Crippen molar-refractivity contribution in [2.75, 3.05) is 38.1 Å². The average molecular weight is 509 g/mol. The molecule has 1 aliphatic rings. The number of hydrogen-bond donors (Lipinski definition) is 3. The Labute approximate surface area is 219 Å². The molecule has 3 N–H and O–H groups in total. The van der Waals surface area contributed by atoms with Crippen molar-refractivity contribution in [1.82, 2.24) is 9.88 Å². The first-order valence-electron chi connectivity index (χ1n) is 12.4. The molecular weight excluding hydrogens is 480 g/mol. The van der Waals surface area contributed by atoms with Crippen molar-refractivity contribution in [3.8, 4) is 17.0 Å². The molecule has 0 spiro atoms. The number of fused-ring (bicyclic) bond motifs is 1. The van der Waals surface area contributed by atoms with Crippen LogP contribution in [0.25, 0.3) is 28.0 Å². The van der Waals surface area contributed by atoms with Crippen molar-refractivity contribution >= 4 is 40.4 Å². The molecule has 1 fully saturated rings. The Balaban J connectivity index is 1.47. The number of hydrogen-bond acceptors (Lipinski definition) is 6. The van der Waals surface area contributed by atoms with E-state index in [4.69, 9.17) is 5.11 Å². The van der Waals surface area contributed by atoms with Gasteiger partial charge in [0.25, 0.3) is 5.56 Å². The quantitative estimate of drug-likeness (QED) is 0.261.